The molecule has 0 atom stereocenters. The van der Waals surface area contributed by atoms with Gasteiger partial charge in [0.05, 0.1) is 19.8 Å². The van der Waals surface area contributed by atoms with E-state index in [2.05, 4.69) is 4.18 Å². The summed E-state index contributed by atoms with van der Waals surface area (Å²) in [6.07, 6.45) is -1.04. The van der Waals surface area contributed by atoms with Crippen LogP contribution in [0.4, 0.5) is 4.79 Å². The number of rotatable bonds is 9. The predicted molar refractivity (Wildman–Crippen MR) is 92.0 cm³/mol. The number of carbonyl (C=O) groups is 1. The van der Waals surface area contributed by atoms with Gasteiger partial charge in [0.1, 0.15) is 5.75 Å². The van der Waals surface area contributed by atoms with Crippen LogP contribution in [0.25, 0.3) is 0 Å². The summed E-state index contributed by atoms with van der Waals surface area (Å²) < 4.78 is 38.0. The van der Waals surface area contributed by atoms with Crippen LogP contribution in [-0.4, -0.2) is 56.4 Å². The van der Waals surface area contributed by atoms with Gasteiger partial charge < -0.3 is 18.9 Å². The van der Waals surface area contributed by atoms with Crippen molar-refractivity contribution in [2.45, 2.75) is 33.2 Å². The van der Waals surface area contributed by atoms with Crippen LogP contribution in [0.15, 0.2) is 24.3 Å². The summed E-state index contributed by atoms with van der Waals surface area (Å²) in [6.45, 7) is 7.27. The quantitative estimate of drug-likeness (QED) is 0.661. The number of carboxylic acid groups (broad SMARTS) is 1. The third-order valence-corrected chi connectivity index (χ3v) is 4.03. The third-order valence-electron chi connectivity index (χ3n) is 3.17. The van der Waals surface area contributed by atoms with E-state index < -0.39 is 22.0 Å². The van der Waals surface area contributed by atoms with Crippen molar-refractivity contribution in [1.29, 1.82) is 0 Å². The van der Waals surface area contributed by atoms with Crippen LogP contribution in [-0.2, 0) is 19.3 Å². The van der Waals surface area contributed by atoms with Gasteiger partial charge in [-0.2, -0.15) is 8.42 Å². The van der Waals surface area contributed by atoms with Crippen molar-refractivity contribution in [2.75, 3.05) is 26.4 Å². The van der Waals surface area contributed by atoms with Crippen LogP contribution >= 0.6 is 0 Å². The minimum atomic E-state index is -4.17. The molecular weight excluding hydrogens is 350 g/mol. The number of amides is 1. The predicted octanol–water partition coefficient (Wildman–Crippen LogP) is 2.43. The molecule has 0 aliphatic rings. The van der Waals surface area contributed by atoms with Crippen molar-refractivity contribution in [2.24, 2.45) is 0 Å². The Morgan fingerprint density at radius 2 is 1.72 bits per heavy atom. The van der Waals surface area contributed by atoms with Crippen LogP contribution in [0, 0.1) is 6.92 Å². The largest absolute Gasteiger partial charge is 0.465 e. The summed E-state index contributed by atoms with van der Waals surface area (Å²) in [7, 11) is -4.17. The maximum atomic E-state index is 11.7. The molecule has 1 aromatic carbocycles. The van der Waals surface area contributed by atoms with Gasteiger partial charge >= 0.3 is 16.5 Å². The molecule has 25 heavy (non-hydrogen) atoms. The topological polar surface area (TPSA) is 102 Å². The number of aryl methyl sites for hydroxylation is 1. The maximum Gasteiger partial charge on any atom is 0.449 e. The van der Waals surface area contributed by atoms with E-state index in [1.54, 1.807) is 32.9 Å². The van der Waals surface area contributed by atoms with Crippen molar-refractivity contribution in [1.82, 2.24) is 4.90 Å². The normalized spacial score (nSPS) is 12.0. The first-order chi connectivity index (χ1) is 11.5. The van der Waals surface area contributed by atoms with Crippen LogP contribution in [0.3, 0.4) is 0 Å². The van der Waals surface area contributed by atoms with Crippen LogP contribution < -0.4 is 4.18 Å². The second-order valence-electron chi connectivity index (χ2n) is 6.34. The summed E-state index contributed by atoms with van der Waals surface area (Å²) in [4.78, 5) is 12.4. The lowest BCUT2D eigenvalue weighted by Gasteiger charge is -2.32. The molecule has 0 bridgehead atoms. The van der Waals surface area contributed by atoms with Crippen molar-refractivity contribution >= 4 is 16.5 Å². The Bertz CT molecular complexity index is 650. The Balaban J connectivity index is 2.30. The van der Waals surface area contributed by atoms with Gasteiger partial charge in [-0.05, 0) is 39.8 Å². The van der Waals surface area contributed by atoms with E-state index in [4.69, 9.17) is 14.0 Å². The number of ether oxygens (including phenoxy) is 1. The summed E-state index contributed by atoms with van der Waals surface area (Å²) in [6, 6.07) is 6.49. The highest BCUT2D eigenvalue weighted by atomic mass is 32.3. The van der Waals surface area contributed by atoms with Crippen molar-refractivity contribution in [3.63, 3.8) is 0 Å². The number of hydrogen-bond acceptors (Lipinski definition) is 6. The molecule has 1 amide bonds. The second-order valence-corrected chi connectivity index (χ2v) is 7.56. The first-order valence-electron chi connectivity index (χ1n) is 7.75. The van der Waals surface area contributed by atoms with E-state index in [0.717, 1.165) is 5.56 Å². The Morgan fingerprint density at radius 1 is 1.12 bits per heavy atom. The molecule has 0 spiro atoms. The standard InChI is InChI=1S/C16H25NO7S/c1-13-5-7-14(8-6-13)24-25(20,21)23-12-11-22-10-9-17(15(18)19)16(2,3)4/h5-8H,9-12H2,1-4H3,(H,18,19). The summed E-state index contributed by atoms with van der Waals surface area (Å²) in [5.74, 6) is 0.161. The molecule has 1 N–H and O–H groups in total. The van der Waals surface area contributed by atoms with Crippen molar-refractivity contribution in [3.05, 3.63) is 29.8 Å². The molecule has 0 fully saturated rings. The fourth-order valence-corrected chi connectivity index (χ4v) is 2.57. The zero-order valence-corrected chi connectivity index (χ0v) is 15.7. The minimum Gasteiger partial charge on any atom is -0.465 e. The molecule has 1 rings (SSSR count). The smallest absolute Gasteiger partial charge is 0.449 e. The molecule has 0 radical (unpaired) electrons. The Labute approximate surface area is 148 Å². The van der Waals surface area contributed by atoms with Crippen molar-refractivity contribution in [3.8, 4) is 5.75 Å². The lowest BCUT2D eigenvalue weighted by Crippen LogP contribution is -2.46. The zero-order valence-electron chi connectivity index (χ0n) is 14.9. The first kappa shape index (κ1) is 21.2. The summed E-state index contributed by atoms with van der Waals surface area (Å²) in [5.41, 5.74) is 0.432. The van der Waals surface area contributed by atoms with E-state index in [9.17, 15) is 13.2 Å². The molecule has 142 valence electrons. The molecule has 1 aromatic rings. The summed E-state index contributed by atoms with van der Waals surface area (Å²) >= 11 is 0. The zero-order chi connectivity index (χ0) is 19.1. The lowest BCUT2D eigenvalue weighted by atomic mass is 10.1. The van der Waals surface area contributed by atoms with Gasteiger partial charge in [0, 0.05) is 12.1 Å². The molecule has 0 heterocycles. The molecule has 0 aliphatic carbocycles. The van der Waals surface area contributed by atoms with Gasteiger partial charge in [0.2, 0.25) is 0 Å². The lowest BCUT2D eigenvalue weighted by molar-refractivity contribution is 0.0509. The molecule has 0 unspecified atom stereocenters. The van der Waals surface area contributed by atoms with Gasteiger partial charge in [0.15, 0.2) is 0 Å². The highest BCUT2D eigenvalue weighted by molar-refractivity contribution is 7.82. The van der Waals surface area contributed by atoms with E-state index in [-0.39, 0.29) is 32.1 Å². The fourth-order valence-electron chi connectivity index (χ4n) is 1.91. The number of nitrogens with zero attached hydrogens (tertiary/aromatic N) is 1. The van der Waals surface area contributed by atoms with Crippen LogP contribution in [0.1, 0.15) is 26.3 Å². The van der Waals surface area contributed by atoms with Gasteiger partial charge in [0.25, 0.3) is 0 Å². The monoisotopic (exact) mass is 375 g/mol. The van der Waals surface area contributed by atoms with E-state index in [1.807, 2.05) is 6.92 Å². The van der Waals surface area contributed by atoms with E-state index in [0.29, 0.717) is 0 Å². The summed E-state index contributed by atoms with van der Waals surface area (Å²) in [5, 5.41) is 9.13. The Hall–Kier alpha value is -1.84. The Morgan fingerprint density at radius 3 is 2.24 bits per heavy atom. The molecule has 0 saturated carbocycles. The number of benzene rings is 1. The van der Waals surface area contributed by atoms with Crippen LogP contribution in [0.2, 0.25) is 0 Å². The van der Waals surface area contributed by atoms with Gasteiger partial charge in [-0.1, -0.05) is 17.7 Å². The molecule has 9 heteroatoms. The highest BCUT2D eigenvalue weighted by Gasteiger charge is 2.25. The second kappa shape index (κ2) is 9.02. The first-order valence-corrected chi connectivity index (χ1v) is 9.08. The minimum absolute atomic E-state index is 0.00586. The number of hydrogen-bond donors (Lipinski definition) is 1. The average molecular weight is 375 g/mol. The highest BCUT2D eigenvalue weighted by Crippen LogP contribution is 2.15. The molecule has 0 saturated heterocycles. The van der Waals surface area contributed by atoms with Gasteiger partial charge in [-0.15, -0.1) is 0 Å². The molecule has 0 aliphatic heterocycles. The fraction of sp³-hybridized carbons (Fsp3) is 0.562. The van der Waals surface area contributed by atoms with Crippen molar-refractivity contribution < 1.29 is 31.4 Å². The molecular formula is C16H25NO7S. The molecule has 0 aromatic heterocycles. The van der Waals surface area contributed by atoms with Gasteiger partial charge in [-0.25, -0.2) is 8.98 Å². The van der Waals surface area contributed by atoms with Crippen LogP contribution in [0.5, 0.6) is 5.75 Å². The SMILES string of the molecule is Cc1ccc(OS(=O)(=O)OCCOCCN(C(=O)O)C(C)(C)C)cc1. The average Bonchev–Trinajstić information content (AvgIpc) is 2.46. The van der Waals surface area contributed by atoms with Gasteiger partial charge in [-0.3, -0.25) is 0 Å². The third kappa shape index (κ3) is 8.19. The molecule has 8 nitrogen and oxygen atoms in total. The Kier molecular flexibility index (Phi) is 7.65. The van der Waals surface area contributed by atoms with E-state index in [1.165, 1.54) is 17.0 Å². The maximum absolute atomic E-state index is 11.7. The van der Waals surface area contributed by atoms with E-state index >= 15 is 0 Å².